The van der Waals surface area contributed by atoms with Gasteiger partial charge in [-0.1, -0.05) is 192 Å². The monoisotopic (exact) mass is 1310 g/mol. The molecule has 496 valence electrons. The first kappa shape index (κ1) is 62.6. The molecule has 3 aliphatic carbocycles. The van der Waals surface area contributed by atoms with E-state index in [-0.39, 0.29) is 33.2 Å². The van der Waals surface area contributed by atoms with E-state index < -0.39 is 12.2 Å². The molecule has 17 rings (SSSR count). The topological polar surface area (TPSA) is 192 Å². The fraction of sp³-hybridized carbons (Fsp3) is 0.227. The van der Waals surface area contributed by atoms with Crippen molar-refractivity contribution in [3.05, 3.63) is 254 Å². The maximum absolute atomic E-state index is 12.9. The van der Waals surface area contributed by atoms with Crippen molar-refractivity contribution in [3.63, 3.8) is 0 Å². The van der Waals surface area contributed by atoms with Crippen LogP contribution in [0.3, 0.4) is 0 Å². The second-order valence-electron chi connectivity index (χ2n) is 31.9. The Hall–Kier alpha value is -10.9. The molecule has 2 atom stereocenters. The molecule has 0 spiro atoms. The Kier molecular flexibility index (Phi) is 14.0. The number of nitrogens with zero attached hydrogens (tertiary/aromatic N) is 4. The molecule has 2 unspecified atom stereocenters. The van der Waals surface area contributed by atoms with E-state index in [0.717, 1.165) is 132 Å². The average molecular weight is 1310 g/mol. The molecule has 12 heteroatoms. The third-order valence-corrected chi connectivity index (χ3v) is 21.2. The Bertz CT molecular complexity index is 6150. The standard InChI is InChI=1S/C88H80N8O4/c1-85(2,3)51-37-55-63-29-33-71(89-63)75(72-34-30-64(90-72)56-38-52(86(4,5)6)42-60(82(56)98)68-26-22-48-18-17-47-21-25-67(59(41-51)81(55)97)93-77(47)78(48)94-68)45-13-15-46(16-14-45)76-73-35-31-65(91-73)57-39-53(87(7,8)9)43-61(83(57)99)69-27-23-49-19-20-50-24-28-70(96-80(50)79(49)95-69)62-44-54(88(10,11)12)40-58(84(62)100)66-32-36-74(76)92-66/h13-31,33-41,43-44,83-84,89-92,97-100H,32,42H2,1-12H3. The van der Waals surface area contributed by atoms with Crippen LogP contribution in [0.1, 0.15) is 123 Å². The molecule has 2 aliphatic heterocycles. The van der Waals surface area contributed by atoms with Gasteiger partial charge in [0.25, 0.3) is 0 Å². The maximum atomic E-state index is 12.9. The van der Waals surface area contributed by atoms with Crippen LogP contribution in [0.5, 0.6) is 11.5 Å². The van der Waals surface area contributed by atoms with Gasteiger partial charge in [0.15, 0.2) is 0 Å². The molecular formula is C88H80N8O4. The number of nitrogens with one attached hydrogen (secondary N) is 4. The lowest BCUT2D eigenvalue weighted by atomic mass is 9.78. The van der Waals surface area contributed by atoms with Crippen molar-refractivity contribution in [2.24, 2.45) is 16.2 Å². The SMILES string of the molecule is CC(C)(C)C1=CC2=C3CC=C(N3)C(c3ccc(-c4c5ccc([nH]5)c5c(O)c(c6ccc7ccc8ccc(nc8c7n6)c6cc(C(C)(C)C)cc(c6O)c6ccc4[nH]6)CC(C(C)(C)C)=C5)cc3)=c3ccc([nH]3)=C3C=C(C(C)(C)C)C=C(c4ccc5ccc6ccc(nc6c5n4)C(=C1)C2O)C3O. The number of pyridine rings is 4. The van der Waals surface area contributed by atoms with Gasteiger partial charge in [-0.25, -0.2) is 19.9 Å². The molecule has 0 saturated heterocycles. The molecule has 8 aromatic heterocycles. The molecule has 0 radical (unpaired) electrons. The molecule has 24 bridgehead atoms. The fourth-order valence-electron chi connectivity index (χ4n) is 15.1. The number of aromatic amines is 3. The highest BCUT2D eigenvalue weighted by molar-refractivity contribution is 6.08. The lowest BCUT2D eigenvalue weighted by Crippen LogP contribution is -2.27. The number of hydrogen-bond donors (Lipinski definition) is 8. The van der Waals surface area contributed by atoms with Crippen LogP contribution in [0.4, 0.5) is 0 Å². The summed E-state index contributed by atoms with van der Waals surface area (Å²) in [5.74, 6) is 0.257. The minimum atomic E-state index is -1.04. The molecule has 8 N–H and O–H groups in total. The minimum Gasteiger partial charge on any atom is -0.507 e. The first-order chi connectivity index (χ1) is 47.7. The summed E-state index contributed by atoms with van der Waals surface area (Å²) in [6, 6.07) is 49.7. The highest BCUT2D eigenvalue weighted by Crippen LogP contribution is 2.46. The number of hydrogen-bond acceptors (Lipinski definition) is 9. The predicted octanol–water partition coefficient (Wildman–Crippen LogP) is 18.2. The van der Waals surface area contributed by atoms with Crippen LogP contribution in [0.2, 0.25) is 0 Å². The third kappa shape index (κ3) is 10.4. The van der Waals surface area contributed by atoms with Gasteiger partial charge >= 0.3 is 0 Å². The number of allylic oxidation sites excluding steroid dienone is 7. The average Bonchev–Trinajstić information content (AvgIpc) is 0.857. The van der Waals surface area contributed by atoms with Crippen LogP contribution in [-0.2, 0) is 11.8 Å². The lowest BCUT2D eigenvalue weighted by Gasteiger charge is -2.30. The molecule has 0 saturated carbocycles. The molecule has 10 heterocycles. The van der Waals surface area contributed by atoms with Crippen molar-refractivity contribution in [3.8, 4) is 22.6 Å². The number of aromatic hydroxyl groups is 2. The summed E-state index contributed by atoms with van der Waals surface area (Å²) >= 11 is 0. The first-order valence-electron chi connectivity index (χ1n) is 34.7. The Morgan fingerprint density at radius 1 is 0.430 bits per heavy atom. The number of fused-ring (bicyclic) bond motifs is 26. The van der Waals surface area contributed by atoms with E-state index in [9.17, 15) is 20.4 Å². The van der Waals surface area contributed by atoms with Crippen LogP contribution in [0, 0.1) is 16.2 Å². The van der Waals surface area contributed by atoms with Gasteiger partial charge in [-0.2, -0.15) is 0 Å². The van der Waals surface area contributed by atoms with Crippen molar-refractivity contribution in [1.29, 1.82) is 0 Å². The quantitative estimate of drug-likeness (QED) is 0.0778. The lowest BCUT2D eigenvalue weighted by molar-refractivity contribution is 0.267. The van der Waals surface area contributed by atoms with Crippen molar-refractivity contribution in [2.45, 2.75) is 114 Å². The summed E-state index contributed by atoms with van der Waals surface area (Å²) in [4.78, 5) is 33.0. The number of H-pyrrole nitrogens is 3. The van der Waals surface area contributed by atoms with E-state index in [2.05, 4.69) is 249 Å². The number of aromatic nitrogens is 7. The Morgan fingerprint density at radius 3 is 1.53 bits per heavy atom. The van der Waals surface area contributed by atoms with Crippen molar-refractivity contribution in [1.82, 2.24) is 40.2 Å². The number of phenols is 1. The van der Waals surface area contributed by atoms with Gasteiger partial charge < -0.3 is 40.7 Å². The van der Waals surface area contributed by atoms with E-state index in [0.29, 0.717) is 79.3 Å². The van der Waals surface area contributed by atoms with Crippen LogP contribution < -0.4 is 16.0 Å². The summed E-state index contributed by atoms with van der Waals surface area (Å²) in [5.41, 5.74) is 21.2. The number of phenolic OH excluding ortho intramolecular Hbond substituents is 1. The van der Waals surface area contributed by atoms with Gasteiger partial charge in [0.05, 0.1) is 44.5 Å². The minimum absolute atomic E-state index is 0.103. The summed E-state index contributed by atoms with van der Waals surface area (Å²) in [6.07, 6.45) is 11.8. The predicted molar refractivity (Wildman–Crippen MR) is 410 cm³/mol. The molecule has 100 heavy (non-hydrogen) atoms. The van der Waals surface area contributed by atoms with E-state index >= 15 is 0 Å². The zero-order chi connectivity index (χ0) is 69.4. The van der Waals surface area contributed by atoms with E-state index in [1.165, 1.54) is 0 Å². The normalized spacial score (nSPS) is 17.3. The molecule has 5 aliphatic rings. The van der Waals surface area contributed by atoms with Crippen molar-refractivity contribution < 1.29 is 20.4 Å². The third-order valence-electron chi connectivity index (χ3n) is 21.2. The summed E-state index contributed by atoms with van der Waals surface area (Å²) in [5, 5.41) is 61.7. The highest BCUT2D eigenvalue weighted by atomic mass is 16.3. The molecule has 4 aromatic carbocycles. The van der Waals surface area contributed by atoms with Crippen LogP contribution in [-0.4, -0.2) is 67.5 Å². The van der Waals surface area contributed by atoms with Crippen molar-refractivity contribution >= 4 is 116 Å². The molecule has 12 aromatic rings. The maximum Gasteiger partial charge on any atom is 0.134 e. The highest BCUT2D eigenvalue weighted by Gasteiger charge is 2.34. The Labute approximate surface area is 579 Å². The molecule has 0 amide bonds. The van der Waals surface area contributed by atoms with Gasteiger partial charge in [-0.05, 0) is 135 Å². The smallest absolute Gasteiger partial charge is 0.134 e. The second-order valence-corrected chi connectivity index (χ2v) is 31.9. The zero-order valence-electron chi connectivity index (χ0n) is 58.5. The molecule has 12 nitrogen and oxygen atoms in total. The number of aliphatic hydroxyl groups excluding tert-OH is 2. The van der Waals surface area contributed by atoms with Crippen molar-refractivity contribution in [2.75, 3.05) is 0 Å². The Balaban J connectivity index is 0.910. The first-order valence-corrected chi connectivity index (χ1v) is 34.7. The largest absolute Gasteiger partial charge is 0.507 e. The number of rotatable bonds is 2. The van der Waals surface area contributed by atoms with Gasteiger partial charge in [0.2, 0.25) is 0 Å². The summed E-state index contributed by atoms with van der Waals surface area (Å²) in [6.45, 7) is 26.4. The van der Waals surface area contributed by atoms with Gasteiger partial charge in [-0.15, -0.1) is 0 Å². The molecular weight excluding hydrogens is 1230 g/mol. The van der Waals surface area contributed by atoms with E-state index in [1.54, 1.807) is 0 Å². The summed E-state index contributed by atoms with van der Waals surface area (Å²) < 4.78 is 0. The van der Waals surface area contributed by atoms with Crippen LogP contribution in [0.15, 0.2) is 210 Å². The van der Waals surface area contributed by atoms with Gasteiger partial charge in [0.1, 0.15) is 23.7 Å². The van der Waals surface area contributed by atoms with Crippen LogP contribution in [0.25, 0.3) is 127 Å². The van der Waals surface area contributed by atoms with Crippen LogP contribution >= 0.6 is 0 Å². The number of benzene rings is 4. The Morgan fingerprint density at radius 2 is 0.930 bits per heavy atom. The number of aliphatic hydroxyl groups is 2. The fourth-order valence-corrected chi connectivity index (χ4v) is 15.1. The molecule has 0 fully saturated rings. The van der Waals surface area contributed by atoms with Gasteiger partial charge in [-0.3, -0.25) is 0 Å². The second kappa shape index (κ2) is 22.3. The summed E-state index contributed by atoms with van der Waals surface area (Å²) in [7, 11) is 0. The van der Waals surface area contributed by atoms with Gasteiger partial charge in [0, 0.05) is 127 Å². The van der Waals surface area contributed by atoms with E-state index in [1.807, 2.05) is 36.4 Å². The zero-order valence-corrected chi connectivity index (χ0v) is 58.5. The van der Waals surface area contributed by atoms with E-state index in [4.69, 9.17) is 19.9 Å².